The molecule has 0 atom stereocenters. The highest BCUT2D eigenvalue weighted by Gasteiger charge is 2.22. The van der Waals surface area contributed by atoms with Crippen molar-refractivity contribution in [2.75, 3.05) is 44.3 Å². The highest BCUT2D eigenvalue weighted by Crippen LogP contribution is 2.15. The molecule has 0 saturated carbocycles. The lowest BCUT2D eigenvalue weighted by Crippen LogP contribution is -2.50. The number of carbonyl (C=O) groups is 2. The number of amides is 1. The number of rotatable bonds is 6. The van der Waals surface area contributed by atoms with Crippen molar-refractivity contribution in [1.82, 2.24) is 4.90 Å². The molecule has 136 valence electrons. The van der Waals surface area contributed by atoms with Crippen molar-refractivity contribution in [3.8, 4) is 5.75 Å². The third-order valence-corrected chi connectivity index (χ3v) is 4.21. The Bertz CT molecular complexity index is 713. The van der Waals surface area contributed by atoms with Gasteiger partial charge in [-0.15, -0.1) is 0 Å². The van der Waals surface area contributed by atoms with E-state index in [-0.39, 0.29) is 19.1 Å². The highest BCUT2D eigenvalue weighted by atomic mass is 16.6. The molecular weight excluding hydrogens is 332 g/mol. The summed E-state index contributed by atoms with van der Waals surface area (Å²) in [6, 6.07) is 19.1. The van der Waals surface area contributed by atoms with Crippen LogP contribution in [0, 0.1) is 0 Å². The molecule has 1 fully saturated rings. The van der Waals surface area contributed by atoms with Gasteiger partial charge in [-0.05, 0) is 24.3 Å². The Morgan fingerprint density at radius 1 is 0.808 bits per heavy atom. The SMILES string of the molecule is O=C(COc1ccccc1)OCC(=O)N1CCN(c2ccccc2)CC1. The highest BCUT2D eigenvalue weighted by molar-refractivity contribution is 5.81. The predicted octanol–water partition coefficient (Wildman–Crippen LogP) is 1.96. The molecule has 0 radical (unpaired) electrons. The number of para-hydroxylation sites is 2. The van der Waals surface area contributed by atoms with Gasteiger partial charge in [-0.2, -0.15) is 0 Å². The van der Waals surface area contributed by atoms with Crippen molar-refractivity contribution in [3.05, 3.63) is 60.7 Å². The van der Waals surface area contributed by atoms with E-state index in [9.17, 15) is 9.59 Å². The summed E-state index contributed by atoms with van der Waals surface area (Å²) in [7, 11) is 0. The molecule has 6 nitrogen and oxygen atoms in total. The number of benzene rings is 2. The Morgan fingerprint density at radius 2 is 1.42 bits per heavy atom. The number of piperazine rings is 1. The second kappa shape index (κ2) is 8.89. The molecule has 1 aliphatic rings. The van der Waals surface area contributed by atoms with Crippen LogP contribution in [0.25, 0.3) is 0 Å². The van der Waals surface area contributed by atoms with Crippen LogP contribution < -0.4 is 9.64 Å². The number of anilines is 1. The van der Waals surface area contributed by atoms with Crippen LogP contribution in [0.5, 0.6) is 5.75 Å². The number of carbonyl (C=O) groups excluding carboxylic acids is 2. The Morgan fingerprint density at radius 3 is 2.08 bits per heavy atom. The smallest absolute Gasteiger partial charge is 0.344 e. The minimum absolute atomic E-state index is 0.175. The van der Waals surface area contributed by atoms with Crippen LogP contribution in [-0.4, -0.2) is 56.2 Å². The fraction of sp³-hybridized carbons (Fsp3) is 0.300. The van der Waals surface area contributed by atoms with Gasteiger partial charge in [0.25, 0.3) is 5.91 Å². The van der Waals surface area contributed by atoms with E-state index < -0.39 is 5.97 Å². The fourth-order valence-electron chi connectivity index (χ4n) is 2.79. The number of ether oxygens (including phenoxy) is 2. The summed E-state index contributed by atoms with van der Waals surface area (Å²) in [5.41, 5.74) is 1.16. The summed E-state index contributed by atoms with van der Waals surface area (Å²) in [4.78, 5) is 27.9. The van der Waals surface area contributed by atoms with Crippen LogP contribution in [0.15, 0.2) is 60.7 Å². The second-order valence-corrected chi connectivity index (χ2v) is 5.97. The van der Waals surface area contributed by atoms with E-state index in [0.29, 0.717) is 18.8 Å². The summed E-state index contributed by atoms with van der Waals surface area (Å²) < 4.78 is 10.3. The Balaban J connectivity index is 1.37. The van der Waals surface area contributed by atoms with Gasteiger partial charge in [-0.3, -0.25) is 4.79 Å². The molecule has 0 bridgehead atoms. The molecule has 1 saturated heterocycles. The molecule has 1 heterocycles. The molecule has 1 amide bonds. The summed E-state index contributed by atoms with van der Waals surface area (Å²) in [5, 5.41) is 0. The van der Waals surface area contributed by atoms with Gasteiger partial charge in [0.05, 0.1) is 0 Å². The molecule has 26 heavy (non-hydrogen) atoms. The second-order valence-electron chi connectivity index (χ2n) is 5.97. The molecule has 0 N–H and O–H groups in total. The normalized spacial score (nSPS) is 14.0. The third-order valence-electron chi connectivity index (χ3n) is 4.21. The number of hydrogen-bond acceptors (Lipinski definition) is 5. The number of nitrogens with zero attached hydrogens (tertiary/aromatic N) is 2. The van der Waals surface area contributed by atoms with Crippen LogP contribution in [0.4, 0.5) is 5.69 Å². The fourth-order valence-corrected chi connectivity index (χ4v) is 2.79. The van der Waals surface area contributed by atoms with Crippen LogP contribution >= 0.6 is 0 Å². The van der Waals surface area contributed by atoms with E-state index in [2.05, 4.69) is 17.0 Å². The zero-order chi connectivity index (χ0) is 18.2. The van der Waals surface area contributed by atoms with E-state index in [1.165, 1.54) is 0 Å². The first-order chi connectivity index (χ1) is 12.7. The van der Waals surface area contributed by atoms with Gasteiger partial charge in [0, 0.05) is 31.9 Å². The van der Waals surface area contributed by atoms with Crippen LogP contribution in [0.3, 0.4) is 0 Å². The number of hydrogen-bond donors (Lipinski definition) is 0. The van der Waals surface area contributed by atoms with Crippen LogP contribution in [0.1, 0.15) is 0 Å². The Labute approximate surface area is 152 Å². The minimum atomic E-state index is -0.551. The largest absolute Gasteiger partial charge is 0.482 e. The third kappa shape index (κ3) is 4.99. The lowest BCUT2D eigenvalue weighted by molar-refractivity contribution is -0.153. The Hall–Kier alpha value is -3.02. The van der Waals surface area contributed by atoms with Gasteiger partial charge >= 0.3 is 5.97 Å². The standard InChI is InChI=1S/C20H22N2O4/c23-19(15-26-20(24)16-25-18-9-5-2-6-10-18)22-13-11-21(12-14-22)17-7-3-1-4-8-17/h1-10H,11-16H2. The maximum absolute atomic E-state index is 12.2. The maximum Gasteiger partial charge on any atom is 0.344 e. The van der Waals surface area contributed by atoms with Crippen molar-refractivity contribution >= 4 is 17.6 Å². The predicted molar refractivity (Wildman–Crippen MR) is 98.1 cm³/mol. The van der Waals surface area contributed by atoms with E-state index in [4.69, 9.17) is 9.47 Å². The Kier molecular flexibility index (Phi) is 6.09. The molecule has 0 aromatic heterocycles. The summed E-state index contributed by atoms with van der Waals surface area (Å²) >= 11 is 0. The molecular formula is C20H22N2O4. The molecule has 6 heteroatoms. The van der Waals surface area contributed by atoms with Gasteiger partial charge in [0.2, 0.25) is 0 Å². The molecule has 0 unspecified atom stereocenters. The van der Waals surface area contributed by atoms with Gasteiger partial charge in [0.15, 0.2) is 13.2 Å². The average molecular weight is 354 g/mol. The minimum Gasteiger partial charge on any atom is -0.482 e. The van der Waals surface area contributed by atoms with Crippen LogP contribution in [-0.2, 0) is 14.3 Å². The van der Waals surface area contributed by atoms with E-state index >= 15 is 0 Å². The average Bonchev–Trinajstić information content (AvgIpc) is 2.72. The van der Waals surface area contributed by atoms with Gasteiger partial charge in [-0.25, -0.2) is 4.79 Å². The summed E-state index contributed by atoms with van der Waals surface area (Å²) in [5.74, 6) is -0.135. The molecule has 0 spiro atoms. The molecule has 0 aliphatic carbocycles. The quantitative estimate of drug-likeness (QED) is 0.742. The van der Waals surface area contributed by atoms with Gasteiger partial charge in [-0.1, -0.05) is 36.4 Å². The van der Waals surface area contributed by atoms with E-state index in [1.54, 1.807) is 17.0 Å². The number of esters is 1. The lowest BCUT2D eigenvalue weighted by Gasteiger charge is -2.36. The van der Waals surface area contributed by atoms with E-state index in [0.717, 1.165) is 18.8 Å². The molecule has 3 rings (SSSR count). The zero-order valence-electron chi connectivity index (χ0n) is 14.5. The zero-order valence-corrected chi connectivity index (χ0v) is 14.5. The van der Waals surface area contributed by atoms with Crippen molar-refractivity contribution in [1.29, 1.82) is 0 Å². The monoisotopic (exact) mass is 354 g/mol. The topological polar surface area (TPSA) is 59.1 Å². The van der Waals surface area contributed by atoms with E-state index in [1.807, 2.05) is 36.4 Å². The first-order valence-electron chi connectivity index (χ1n) is 8.63. The van der Waals surface area contributed by atoms with Crippen molar-refractivity contribution in [2.24, 2.45) is 0 Å². The first-order valence-corrected chi connectivity index (χ1v) is 8.63. The molecule has 1 aliphatic heterocycles. The lowest BCUT2D eigenvalue weighted by atomic mass is 10.2. The van der Waals surface area contributed by atoms with Crippen molar-refractivity contribution in [3.63, 3.8) is 0 Å². The van der Waals surface area contributed by atoms with Crippen LogP contribution in [0.2, 0.25) is 0 Å². The van der Waals surface area contributed by atoms with Crippen molar-refractivity contribution in [2.45, 2.75) is 0 Å². The maximum atomic E-state index is 12.2. The summed E-state index contributed by atoms with van der Waals surface area (Å²) in [6.45, 7) is 2.31. The molecule has 2 aromatic carbocycles. The first kappa shape index (κ1) is 17.8. The summed E-state index contributed by atoms with van der Waals surface area (Å²) in [6.07, 6.45) is 0. The van der Waals surface area contributed by atoms with Crippen molar-refractivity contribution < 1.29 is 19.1 Å². The molecule has 2 aromatic rings. The van der Waals surface area contributed by atoms with Gasteiger partial charge in [0.1, 0.15) is 5.75 Å². The van der Waals surface area contributed by atoms with Gasteiger partial charge < -0.3 is 19.3 Å².